The first-order chi connectivity index (χ1) is 18.5. The molecule has 8 heteroatoms. The van der Waals surface area contributed by atoms with Gasteiger partial charge in [-0.25, -0.2) is 9.59 Å². The largest absolute Gasteiger partial charge is 0.460 e. The lowest BCUT2D eigenvalue weighted by Gasteiger charge is -2.46. The smallest absolute Gasteiger partial charge is 0.338 e. The second-order valence-corrected chi connectivity index (χ2v) is 14.7. The van der Waals surface area contributed by atoms with Gasteiger partial charge in [0.05, 0.1) is 24.9 Å². The van der Waals surface area contributed by atoms with Crippen LogP contribution in [0.3, 0.4) is 0 Å². The van der Waals surface area contributed by atoms with Crippen molar-refractivity contribution in [2.75, 3.05) is 6.61 Å². The van der Waals surface area contributed by atoms with Crippen LogP contribution < -0.4 is 10.6 Å². The summed E-state index contributed by atoms with van der Waals surface area (Å²) in [5.41, 5.74) is 1.18. The van der Waals surface area contributed by atoms with Gasteiger partial charge >= 0.3 is 11.9 Å². The average Bonchev–Trinajstić information content (AvgIpc) is 2.79. The van der Waals surface area contributed by atoms with Crippen molar-refractivity contribution in [2.24, 2.45) is 0 Å². The summed E-state index contributed by atoms with van der Waals surface area (Å²) in [4.78, 5) is 25.6. The molecule has 1 aromatic carbocycles. The zero-order valence-corrected chi connectivity index (χ0v) is 25.7. The summed E-state index contributed by atoms with van der Waals surface area (Å²) in [6.45, 7) is 17.9. The van der Waals surface area contributed by atoms with Gasteiger partial charge in [0.1, 0.15) is 12.2 Å². The van der Waals surface area contributed by atoms with E-state index in [4.69, 9.17) is 18.9 Å². The van der Waals surface area contributed by atoms with E-state index in [9.17, 15) is 9.59 Å². The Bertz CT molecular complexity index is 1010. The van der Waals surface area contributed by atoms with E-state index in [0.29, 0.717) is 25.2 Å². The van der Waals surface area contributed by atoms with Gasteiger partial charge in [0, 0.05) is 47.8 Å². The molecule has 0 spiro atoms. The van der Waals surface area contributed by atoms with Gasteiger partial charge < -0.3 is 29.6 Å². The van der Waals surface area contributed by atoms with E-state index in [1.165, 1.54) is 0 Å². The summed E-state index contributed by atoms with van der Waals surface area (Å²) in [5, 5.41) is 7.23. The zero-order chi connectivity index (χ0) is 29.3. The predicted molar refractivity (Wildman–Crippen MR) is 154 cm³/mol. The Balaban J connectivity index is 1.19. The molecule has 3 aliphatic rings. The van der Waals surface area contributed by atoms with Gasteiger partial charge in [0.25, 0.3) is 0 Å². The zero-order valence-electron chi connectivity index (χ0n) is 25.7. The van der Waals surface area contributed by atoms with Crippen molar-refractivity contribution < 1.29 is 28.5 Å². The molecule has 1 aromatic rings. The van der Waals surface area contributed by atoms with Crippen LogP contribution in [0.2, 0.25) is 0 Å². The molecule has 0 amide bonds. The third-order valence-electron chi connectivity index (χ3n) is 8.03. The number of benzene rings is 1. The van der Waals surface area contributed by atoms with Crippen LogP contribution in [0.15, 0.2) is 24.3 Å². The lowest BCUT2D eigenvalue weighted by molar-refractivity contribution is -0.175. The Morgan fingerprint density at radius 1 is 0.750 bits per heavy atom. The molecule has 3 aliphatic heterocycles. The number of piperidine rings is 2. The highest BCUT2D eigenvalue weighted by Crippen LogP contribution is 2.32. The molecular weight excluding hydrogens is 508 g/mol. The molecule has 0 bridgehead atoms. The van der Waals surface area contributed by atoms with Gasteiger partial charge in [-0.2, -0.15) is 0 Å². The minimum absolute atomic E-state index is 0.0843. The summed E-state index contributed by atoms with van der Waals surface area (Å²) < 4.78 is 23.7. The Labute approximate surface area is 240 Å². The van der Waals surface area contributed by atoms with Crippen LogP contribution in [-0.4, -0.2) is 65.1 Å². The summed E-state index contributed by atoms with van der Waals surface area (Å²) in [7, 11) is 0. The predicted octanol–water partition coefficient (Wildman–Crippen LogP) is 5.07. The highest BCUT2D eigenvalue weighted by Gasteiger charge is 2.41. The molecule has 0 saturated carbocycles. The molecule has 224 valence electrons. The van der Waals surface area contributed by atoms with Crippen molar-refractivity contribution in [3.8, 4) is 0 Å². The maximum absolute atomic E-state index is 12.8. The number of hydrogen-bond acceptors (Lipinski definition) is 8. The second kappa shape index (κ2) is 11.7. The molecule has 2 unspecified atom stereocenters. The number of ether oxygens (including phenoxy) is 4. The van der Waals surface area contributed by atoms with Gasteiger partial charge in [-0.05, 0) is 85.9 Å². The topological polar surface area (TPSA) is 95.1 Å². The number of carbonyl (C=O) groups is 2. The monoisotopic (exact) mass is 558 g/mol. The van der Waals surface area contributed by atoms with Crippen LogP contribution in [0.1, 0.15) is 110 Å². The molecule has 2 N–H and O–H groups in total. The van der Waals surface area contributed by atoms with Crippen LogP contribution in [0.25, 0.3) is 0 Å². The minimum Gasteiger partial charge on any atom is -0.460 e. The van der Waals surface area contributed by atoms with E-state index >= 15 is 0 Å². The fraction of sp³-hybridized carbons (Fsp3) is 0.750. The van der Waals surface area contributed by atoms with Crippen molar-refractivity contribution >= 4 is 11.9 Å². The highest BCUT2D eigenvalue weighted by atomic mass is 16.6. The molecule has 4 rings (SSSR count). The van der Waals surface area contributed by atoms with E-state index < -0.39 is 6.10 Å². The van der Waals surface area contributed by atoms with Crippen LogP contribution in [0.5, 0.6) is 0 Å². The number of rotatable bonds is 7. The standard InChI is InChI=1S/C32H50N2O6/c1-29(2)15-24(16-30(3,4)33-29)39-27(35)22-11-9-21(10-12-22)19-37-23-13-14-26(38-20-23)28(36)40-25-17-31(5,6)34-32(7,8)18-25/h9-12,23-26,33-34H,13-20H2,1-8H3. The first kappa shape index (κ1) is 30.9. The Kier molecular flexibility index (Phi) is 9.06. The van der Waals surface area contributed by atoms with E-state index in [2.05, 4.69) is 66.0 Å². The summed E-state index contributed by atoms with van der Waals surface area (Å²) in [6, 6.07) is 7.40. The number of hydrogen-bond donors (Lipinski definition) is 2. The SMILES string of the molecule is CC1(C)CC(OC(=O)c2ccc(COC3CCC(C(=O)OC4CC(C)(C)NC(C)(C)C4)OC3)cc2)CC(C)(C)N1. The van der Waals surface area contributed by atoms with Crippen molar-refractivity contribution in [3.05, 3.63) is 35.4 Å². The maximum atomic E-state index is 12.8. The maximum Gasteiger partial charge on any atom is 0.338 e. The fourth-order valence-electron chi connectivity index (χ4n) is 7.08. The lowest BCUT2D eigenvalue weighted by atomic mass is 9.81. The van der Waals surface area contributed by atoms with E-state index in [1.54, 1.807) is 12.1 Å². The van der Waals surface area contributed by atoms with Crippen LogP contribution >= 0.6 is 0 Å². The molecule has 2 atom stereocenters. The lowest BCUT2D eigenvalue weighted by Crippen LogP contribution is -2.60. The Morgan fingerprint density at radius 2 is 1.25 bits per heavy atom. The van der Waals surface area contributed by atoms with Crippen LogP contribution in [-0.2, 0) is 30.3 Å². The number of carbonyl (C=O) groups excluding carboxylic acids is 2. The molecule has 0 radical (unpaired) electrons. The highest BCUT2D eigenvalue weighted by molar-refractivity contribution is 5.89. The van der Waals surface area contributed by atoms with Gasteiger partial charge in [-0.15, -0.1) is 0 Å². The molecule has 40 heavy (non-hydrogen) atoms. The quantitative estimate of drug-likeness (QED) is 0.448. The van der Waals surface area contributed by atoms with Crippen molar-refractivity contribution in [2.45, 2.75) is 147 Å². The molecule has 3 fully saturated rings. The van der Waals surface area contributed by atoms with Gasteiger partial charge in [-0.1, -0.05) is 12.1 Å². The summed E-state index contributed by atoms with van der Waals surface area (Å²) in [5.74, 6) is -0.558. The first-order valence-corrected chi connectivity index (χ1v) is 14.8. The molecular formula is C32H50N2O6. The third-order valence-corrected chi connectivity index (χ3v) is 8.03. The van der Waals surface area contributed by atoms with Crippen molar-refractivity contribution in [3.63, 3.8) is 0 Å². The summed E-state index contributed by atoms with van der Waals surface area (Å²) in [6.07, 6.45) is 3.58. The first-order valence-electron chi connectivity index (χ1n) is 14.8. The van der Waals surface area contributed by atoms with Gasteiger partial charge in [0.15, 0.2) is 6.10 Å². The van der Waals surface area contributed by atoms with Crippen LogP contribution in [0, 0.1) is 0 Å². The summed E-state index contributed by atoms with van der Waals surface area (Å²) >= 11 is 0. The second-order valence-electron chi connectivity index (χ2n) is 14.7. The molecule has 0 aliphatic carbocycles. The Morgan fingerprint density at radius 3 is 1.73 bits per heavy atom. The molecule has 3 saturated heterocycles. The van der Waals surface area contributed by atoms with E-state index in [-0.39, 0.29) is 52.4 Å². The molecule has 0 aromatic heterocycles. The Hall–Kier alpha value is -2.00. The minimum atomic E-state index is -0.539. The number of nitrogens with one attached hydrogen (secondary N) is 2. The van der Waals surface area contributed by atoms with E-state index in [1.807, 2.05) is 12.1 Å². The normalized spacial score (nSPS) is 28.0. The average molecular weight is 559 g/mol. The molecule has 8 nitrogen and oxygen atoms in total. The van der Waals surface area contributed by atoms with E-state index in [0.717, 1.165) is 37.7 Å². The third kappa shape index (κ3) is 8.75. The van der Waals surface area contributed by atoms with Crippen molar-refractivity contribution in [1.29, 1.82) is 0 Å². The van der Waals surface area contributed by atoms with Crippen molar-refractivity contribution in [1.82, 2.24) is 10.6 Å². The molecule has 3 heterocycles. The van der Waals surface area contributed by atoms with Gasteiger partial charge in [-0.3, -0.25) is 0 Å². The number of esters is 2. The van der Waals surface area contributed by atoms with Crippen LogP contribution in [0.4, 0.5) is 0 Å². The van der Waals surface area contributed by atoms with Gasteiger partial charge in [0.2, 0.25) is 0 Å². The fourth-order valence-corrected chi connectivity index (χ4v) is 7.08.